The summed E-state index contributed by atoms with van der Waals surface area (Å²) in [6.07, 6.45) is 0.692. The minimum absolute atomic E-state index is 0.0147. The molecule has 0 aromatic carbocycles. The fourth-order valence-electron chi connectivity index (χ4n) is 1.10. The van der Waals surface area contributed by atoms with Crippen LogP contribution in [0, 0.1) is 0 Å². The Balaban J connectivity index is 2.32. The summed E-state index contributed by atoms with van der Waals surface area (Å²) in [5.74, 6) is -1.49. The molecule has 0 fully saturated rings. The molecule has 0 aliphatic heterocycles. The highest BCUT2D eigenvalue weighted by Gasteiger charge is 2.15. The summed E-state index contributed by atoms with van der Waals surface area (Å²) in [7, 11) is 0. The zero-order chi connectivity index (χ0) is 12.7. The normalized spacial score (nSPS) is 11.6. The molecule has 1 unspecified atom stereocenters. The monoisotopic (exact) mass is 254 g/mol. The van der Waals surface area contributed by atoms with Crippen molar-refractivity contribution in [2.75, 3.05) is 13.1 Å². The predicted molar refractivity (Wildman–Crippen MR) is 65.5 cm³/mol. The minimum Gasteiger partial charge on any atom is -0.386 e. The summed E-state index contributed by atoms with van der Waals surface area (Å²) in [6.45, 7) is 3.67. The molecular formula is C11H14N2O3S. The van der Waals surface area contributed by atoms with Crippen molar-refractivity contribution < 1.29 is 14.7 Å². The number of carbonyl (C=O) groups is 2. The third-order valence-corrected chi connectivity index (χ3v) is 2.91. The van der Waals surface area contributed by atoms with E-state index in [1.54, 1.807) is 6.07 Å². The molecule has 1 atom stereocenters. The minimum atomic E-state index is -0.786. The van der Waals surface area contributed by atoms with Crippen LogP contribution in [0.2, 0.25) is 0 Å². The Hall–Kier alpha value is -1.66. The lowest BCUT2D eigenvalue weighted by Gasteiger charge is -2.09. The summed E-state index contributed by atoms with van der Waals surface area (Å²) >= 11 is 1.39. The van der Waals surface area contributed by atoms with Crippen molar-refractivity contribution in [1.82, 2.24) is 10.6 Å². The Morgan fingerprint density at radius 2 is 2.18 bits per heavy atom. The maximum absolute atomic E-state index is 11.3. The van der Waals surface area contributed by atoms with Crippen LogP contribution in [0.4, 0.5) is 0 Å². The second kappa shape index (κ2) is 6.82. The van der Waals surface area contributed by atoms with E-state index in [0.717, 1.165) is 4.88 Å². The number of aliphatic hydroxyl groups is 1. The summed E-state index contributed by atoms with van der Waals surface area (Å²) in [6, 6.07) is 3.57. The van der Waals surface area contributed by atoms with Crippen LogP contribution in [0.3, 0.4) is 0 Å². The molecule has 1 aromatic rings. The molecule has 0 saturated carbocycles. The SMILES string of the molecule is C=CCNC(=O)C(=O)NCC(O)c1cccs1. The molecule has 5 nitrogen and oxygen atoms in total. The molecule has 17 heavy (non-hydrogen) atoms. The molecular weight excluding hydrogens is 240 g/mol. The molecule has 1 heterocycles. The lowest BCUT2D eigenvalue weighted by atomic mass is 10.3. The molecule has 0 radical (unpaired) electrons. The Labute approximate surface area is 103 Å². The number of rotatable bonds is 5. The predicted octanol–water partition coefficient (Wildman–Crippen LogP) is 0.200. The Bertz CT molecular complexity index is 389. The maximum atomic E-state index is 11.3. The fraction of sp³-hybridized carbons (Fsp3) is 0.273. The Morgan fingerprint density at radius 3 is 2.76 bits per heavy atom. The Morgan fingerprint density at radius 1 is 1.47 bits per heavy atom. The number of hydrogen-bond acceptors (Lipinski definition) is 4. The van der Waals surface area contributed by atoms with Gasteiger partial charge >= 0.3 is 11.8 Å². The largest absolute Gasteiger partial charge is 0.386 e. The van der Waals surface area contributed by atoms with Gasteiger partial charge in [0.05, 0.1) is 0 Å². The van der Waals surface area contributed by atoms with Gasteiger partial charge in [-0.2, -0.15) is 0 Å². The molecule has 2 amide bonds. The van der Waals surface area contributed by atoms with Gasteiger partial charge in [-0.15, -0.1) is 17.9 Å². The first-order chi connectivity index (χ1) is 8.15. The number of hydrogen-bond donors (Lipinski definition) is 3. The summed E-state index contributed by atoms with van der Waals surface area (Å²) in [5.41, 5.74) is 0. The van der Waals surface area contributed by atoms with Crippen LogP contribution in [0.25, 0.3) is 0 Å². The van der Waals surface area contributed by atoms with E-state index in [1.165, 1.54) is 17.4 Å². The van der Waals surface area contributed by atoms with Crippen LogP contribution in [-0.2, 0) is 9.59 Å². The van der Waals surface area contributed by atoms with Gasteiger partial charge in [0.15, 0.2) is 0 Å². The van der Waals surface area contributed by atoms with E-state index in [1.807, 2.05) is 11.4 Å². The topological polar surface area (TPSA) is 78.4 Å². The standard InChI is InChI=1S/C11H14N2O3S/c1-2-5-12-10(15)11(16)13-7-8(14)9-4-3-6-17-9/h2-4,6,8,14H,1,5,7H2,(H,12,15)(H,13,16). The van der Waals surface area contributed by atoms with Crippen molar-refractivity contribution in [2.24, 2.45) is 0 Å². The highest BCUT2D eigenvalue weighted by molar-refractivity contribution is 7.10. The van der Waals surface area contributed by atoms with E-state index >= 15 is 0 Å². The molecule has 0 bridgehead atoms. The van der Waals surface area contributed by atoms with Crippen LogP contribution in [0.15, 0.2) is 30.2 Å². The van der Waals surface area contributed by atoms with Crippen LogP contribution in [0.5, 0.6) is 0 Å². The molecule has 1 rings (SSSR count). The van der Waals surface area contributed by atoms with E-state index in [4.69, 9.17) is 0 Å². The van der Waals surface area contributed by atoms with Gasteiger partial charge in [0, 0.05) is 18.0 Å². The fourth-order valence-corrected chi connectivity index (χ4v) is 1.81. The van der Waals surface area contributed by atoms with Gasteiger partial charge in [-0.3, -0.25) is 9.59 Å². The number of aliphatic hydroxyl groups excluding tert-OH is 1. The van der Waals surface area contributed by atoms with E-state index in [0.29, 0.717) is 0 Å². The molecule has 0 aliphatic carbocycles. The lowest BCUT2D eigenvalue weighted by molar-refractivity contribution is -0.139. The van der Waals surface area contributed by atoms with Gasteiger partial charge in [-0.05, 0) is 11.4 Å². The van der Waals surface area contributed by atoms with Crippen LogP contribution >= 0.6 is 11.3 Å². The first-order valence-electron chi connectivity index (χ1n) is 5.03. The van der Waals surface area contributed by atoms with E-state index in [2.05, 4.69) is 17.2 Å². The molecule has 0 spiro atoms. The first kappa shape index (κ1) is 13.4. The van der Waals surface area contributed by atoms with Gasteiger partial charge in [0.25, 0.3) is 0 Å². The number of thiophene rings is 1. The first-order valence-corrected chi connectivity index (χ1v) is 5.91. The van der Waals surface area contributed by atoms with Crippen molar-refractivity contribution in [3.63, 3.8) is 0 Å². The second-order valence-corrected chi connectivity index (χ2v) is 4.22. The van der Waals surface area contributed by atoms with E-state index < -0.39 is 17.9 Å². The maximum Gasteiger partial charge on any atom is 0.309 e. The van der Waals surface area contributed by atoms with Crippen LogP contribution in [-0.4, -0.2) is 30.0 Å². The van der Waals surface area contributed by atoms with Crippen molar-refractivity contribution in [2.45, 2.75) is 6.10 Å². The zero-order valence-electron chi connectivity index (χ0n) is 9.18. The average Bonchev–Trinajstić information content (AvgIpc) is 2.86. The lowest BCUT2D eigenvalue weighted by Crippen LogP contribution is -2.41. The second-order valence-electron chi connectivity index (χ2n) is 3.24. The highest BCUT2D eigenvalue weighted by atomic mass is 32.1. The molecule has 0 aliphatic rings. The van der Waals surface area contributed by atoms with Gasteiger partial charge in [0.2, 0.25) is 0 Å². The molecule has 6 heteroatoms. The quantitative estimate of drug-likeness (QED) is 0.519. The summed E-state index contributed by atoms with van der Waals surface area (Å²) in [5, 5.41) is 16.2. The average molecular weight is 254 g/mol. The van der Waals surface area contributed by atoms with E-state index in [-0.39, 0.29) is 13.1 Å². The van der Waals surface area contributed by atoms with Crippen molar-refractivity contribution in [3.8, 4) is 0 Å². The molecule has 92 valence electrons. The molecule has 1 aromatic heterocycles. The van der Waals surface area contributed by atoms with E-state index in [9.17, 15) is 14.7 Å². The van der Waals surface area contributed by atoms with Crippen molar-refractivity contribution >= 4 is 23.2 Å². The highest BCUT2D eigenvalue weighted by Crippen LogP contribution is 2.17. The van der Waals surface area contributed by atoms with Crippen LogP contribution < -0.4 is 10.6 Å². The van der Waals surface area contributed by atoms with Crippen molar-refractivity contribution in [3.05, 3.63) is 35.0 Å². The molecule has 0 saturated heterocycles. The number of carbonyl (C=O) groups excluding carboxylic acids is 2. The van der Waals surface area contributed by atoms with Gasteiger partial charge in [0.1, 0.15) is 6.10 Å². The number of amides is 2. The Kier molecular flexibility index (Phi) is 5.38. The number of nitrogens with one attached hydrogen (secondary N) is 2. The van der Waals surface area contributed by atoms with Crippen LogP contribution in [0.1, 0.15) is 11.0 Å². The summed E-state index contributed by atoms with van der Waals surface area (Å²) < 4.78 is 0. The van der Waals surface area contributed by atoms with Gasteiger partial charge in [-0.1, -0.05) is 12.1 Å². The van der Waals surface area contributed by atoms with Gasteiger partial charge in [-0.25, -0.2) is 0 Å². The smallest absolute Gasteiger partial charge is 0.309 e. The van der Waals surface area contributed by atoms with Gasteiger partial charge < -0.3 is 15.7 Å². The van der Waals surface area contributed by atoms with Crippen molar-refractivity contribution in [1.29, 1.82) is 0 Å². The zero-order valence-corrected chi connectivity index (χ0v) is 10.00. The summed E-state index contributed by atoms with van der Waals surface area (Å²) in [4.78, 5) is 23.2. The molecule has 3 N–H and O–H groups in total. The third-order valence-electron chi connectivity index (χ3n) is 1.94. The third kappa shape index (κ3) is 4.38.